The number of rotatable bonds is 6. The number of hydrogen-bond donors (Lipinski definition) is 3. The summed E-state index contributed by atoms with van der Waals surface area (Å²) in [5.41, 5.74) is 5.52. The average molecular weight is 254 g/mol. The molecule has 0 heterocycles. The summed E-state index contributed by atoms with van der Waals surface area (Å²) in [6.45, 7) is 4.17. The lowest BCUT2D eigenvalue weighted by atomic mass is 10.0. The van der Waals surface area contributed by atoms with Crippen LogP contribution in [0.15, 0.2) is 18.2 Å². The van der Waals surface area contributed by atoms with E-state index in [1.807, 2.05) is 13.8 Å². The quantitative estimate of drug-likeness (QED) is 0.713. The van der Waals surface area contributed by atoms with E-state index >= 15 is 0 Å². The van der Waals surface area contributed by atoms with Crippen LogP contribution in [0.3, 0.4) is 0 Å². The summed E-state index contributed by atoms with van der Waals surface area (Å²) >= 11 is 0. The number of hydrogen-bond acceptors (Lipinski definition) is 3. The van der Waals surface area contributed by atoms with Crippen LogP contribution in [-0.4, -0.2) is 23.2 Å². The van der Waals surface area contributed by atoms with Crippen LogP contribution in [0.4, 0.5) is 4.39 Å². The van der Waals surface area contributed by atoms with Crippen LogP contribution >= 0.6 is 0 Å². The molecule has 0 fully saturated rings. The van der Waals surface area contributed by atoms with Gasteiger partial charge in [0.25, 0.3) is 0 Å². The number of carbonyl (C=O) groups excluding carboxylic acids is 1. The van der Waals surface area contributed by atoms with Gasteiger partial charge < -0.3 is 16.2 Å². The zero-order valence-corrected chi connectivity index (χ0v) is 10.7. The molecule has 1 aromatic carbocycles. The normalized spacial score (nSPS) is 11.6. The molecule has 0 aliphatic rings. The molecule has 0 unspecified atom stereocenters. The highest BCUT2D eigenvalue weighted by molar-refractivity contribution is 5.92. The Kier molecular flexibility index (Phi) is 4.81. The Morgan fingerprint density at radius 2 is 2.17 bits per heavy atom. The minimum Gasteiger partial charge on any atom is -0.396 e. The van der Waals surface area contributed by atoms with Gasteiger partial charge in [0.1, 0.15) is 5.82 Å². The highest BCUT2D eigenvalue weighted by Gasteiger charge is 2.17. The van der Waals surface area contributed by atoms with Gasteiger partial charge >= 0.3 is 0 Å². The smallest absolute Gasteiger partial charge is 0.248 e. The molecule has 1 aromatic rings. The number of nitrogens with one attached hydrogen (secondary N) is 1. The standard InChI is InChI=1S/C13H19FN2O2/c1-13(2,5-6-17)16-8-10-7-9(12(15)18)3-4-11(10)14/h3-4,7,16-17H,5-6,8H2,1-2H3,(H2,15,18). The first-order valence-electron chi connectivity index (χ1n) is 5.80. The summed E-state index contributed by atoms with van der Waals surface area (Å²) in [7, 11) is 0. The summed E-state index contributed by atoms with van der Waals surface area (Å²) in [5.74, 6) is -0.960. The molecule has 100 valence electrons. The Morgan fingerprint density at radius 3 is 2.72 bits per heavy atom. The van der Waals surface area contributed by atoms with Crippen molar-refractivity contribution in [1.82, 2.24) is 5.32 Å². The van der Waals surface area contributed by atoms with Gasteiger partial charge in [-0.05, 0) is 38.5 Å². The fourth-order valence-electron chi connectivity index (χ4n) is 1.57. The van der Waals surface area contributed by atoms with Gasteiger partial charge in [0.15, 0.2) is 0 Å². The maximum atomic E-state index is 13.6. The van der Waals surface area contributed by atoms with Crippen molar-refractivity contribution in [2.75, 3.05) is 6.61 Å². The van der Waals surface area contributed by atoms with Crippen LogP contribution in [0, 0.1) is 5.82 Å². The number of carbonyl (C=O) groups is 1. The van der Waals surface area contributed by atoms with Gasteiger partial charge in [-0.25, -0.2) is 4.39 Å². The molecular weight excluding hydrogens is 235 g/mol. The number of nitrogens with two attached hydrogens (primary N) is 1. The molecule has 0 aliphatic carbocycles. The number of aliphatic hydroxyl groups is 1. The Hall–Kier alpha value is -1.46. The van der Waals surface area contributed by atoms with E-state index in [-0.39, 0.29) is 30.1 Å². The van der Waals surface area contributed by atoms with E-state index in [0.717, 1.165) is 0 Å². The van der Waals surface area contributed by atoms with Gasteiger partial charge in [-0.1, -0.05) is 0 Å². The van der Waals surface area contributed by atoms with Crippen molar-refractivity contribution in [2.24, 2.45) is 5.73 Å². The molecule has 4 N–H and O–H groups in total. The van der Waals surface area contributed by atoms with Gasteiger partial charge in [-0.3, -0.25) is 4.79 Å². The Bertz CT molecular complexity index is 433. The van der Waals surface area contributed by atoms with E-state index in [9.17, 15) is 9.18 Å². The Morgan fingerprint density at radius 1 is 1.50 bits per heavy atom. The predicted molar refractivity (Wildman–Crippen MR) is 67.5 cm³/mol. The Labute approximate surface area is 106 Å². The highest BCUT2D eigenvalue weighted by atomic mass is 19.1. The second-order valence-electron chi connectivity index (χ2n) is 4.88. The number of aliphatic hydroxyl groups excluding tert-OH is 1. The highest BCUT2D eigenvalue weighted by Crippen LogP contribution is 2.13. The lowest BCUT2D eigenvalue weighted by Gasteiger charge is -2.25. The number of benzene rings is 1. The van der Waals surface area contributed by atoms with Crippen LogP contribution < -0.4 is 11.1 Å². The third-order valence-corrected chi connectivity index (χ3v) is 2.82. The molecule has 0 aliphatic heterocycles. The largest absolute Gasteiger partial charge is 0.396 e. The molecule has 5 heteroatoms. The molecule has 0 bridgehead atoms. The van der Waals surface area contributed by atoms with Crippen molar-refractivity contribution in [2.45, 2.75) is 32.4 Å². The van der Waals surface area contributed by atoms with Crippen molar-refractivity contribution in [3.05, 3.63) is 35.1 Å². The van der Waals surface area contributed by atoms with Crippen molar-refractivity contribution < 1.29 is 14.3 Å². The molecule has 0 saturated heterocycles. The van der Waals surface area contributed by atoms with Gasteiger partial charge in [0, 0.05) is 29.8 Å². The minimum atomic E-state index is -0.578. The maximum Gasteiger partial charge on any atom is 0.248 e. The van der Waals surface area contributed by atoms with Crippen LogP contribution in [-0.2, 0) is 6.54 Å². The van der Waals surface area contributed by atoms with Gasteiger partial charge in [0.2, 0.25) is 5.91 Å². The summed E-state index contributed by atoms with van der Waals surface area (Å²) in [4.78, 5) is 11.0. The summed E-state index contributed by atoms with van der Waals surface area (Å²) < 4.78 is 13.6. The first kappa shape index (κ1) is 14.6. The van der Waals surface area contributed by atoms with Crippen molar-refractivity contribution in [3.8, 4) is 0 Å². The summed E-state index contributed by atoms with van der Waals surface area (Å²) in [6, 6.07) is 4.04. The SMILES string of the molecule is CC(C)(CCO)NCc1cc(C(N)=O)ccc1F. The molecule has 0 saturated carbocycles. The number of primary amides is 1. The van der Waals surface area contributed by atoms with E-state index in [1.54, 1.807) is 0 Å². The topological polar surface area (TPSA) is 75.3 Å². The maximum absolute atomic E-state index is 13.6. The molecule has 1 rings (SSSR count). The third kappa shape index (κ3) is 4.09. The zero-order valence-electron chi connectivity index (χ0n) is 10.7. The minimum absolute atomic E-state index is 0.0593. The predicted octanol–water partition coefficient (Wildman–Crippen LogP) is 1.18. The lowest BCUT2D eigenvalue weighted by Crippen LogP contribution is -2.39. The van der Waals surface area contributed by atoms with Gasteiger partial charge in [-0.15, -0.1) is 0 Å². The van der Waals surface area contributed by atoms with E-state index < -0.39 is 5.91 Å². The Balaban J connectivity index is 2.78. The van der Waals surface area contributed by atoms with E-state index in [1.165, 1.54) is 18.2 Å². The fraction of sp³-hybridized carbons (Fsp3) is 0.462. The van der Waals surface area contributed by atoms with E-state index in [4.69, 9.17) is 10.8 Å². The second-order valence-corrected chi connectivity index (χ2v) is 4.88. The molecule has 4 nitrogen and oxygen atoms in total. The van der Waals surface area contributed by atoms with Crippen molar-refractivity contribution in [1.29, 1.82) is 0 Å². The van der Waals surface area contributed by atoms with Crippen LogP contribution in [0.5, 0.6) is 0 Å². The fourth-order valence-corrected chi connectivity index (χ4v) is 1.57. The van der Waals surface area contributed by atoms with Gasteiger partial charge in [-0.2, -0.15) is 0 Å². The number of halogens is 1. The molecule has 1 amide bonds. The summed E-state index contributed by atoms with van der Waals surface area (Å²) in [5, 5.41) is 12.0. The first-order valence-corrected chi connectivity index (χ1v) is 5.80. The second kappa shape index (κ2) is 5.93. The van der Waals surface area contributed by atoms with Crippen LogP contribution in [0.1, 0.15) is 36.2 Å². The molecule has 0 spiro atoms. The van der Waals surface area contributed by atoms with Crippen molar-refractivity contribution >= 4 is 5.91 Å². The third-order valence-electron chi connectivity index (χ3n) is 2.82. The summed E-state index contributed by atoms with van der Waals surface area (Å²) in [6.07, 6.45) is 0.560. The van der Waals surface area contributed by atoms with Crippen molar-refractivity contribution in [3.63, 3.8) is 0 Å². The molecule has 0 atom stereocenters. The van der Waals surface area contributed by atoms with E-state index in [2.05, 4.69) is 5.32 Å². The van der Waals surface area contributed by atoms with Gasteiger partial charge in [0.05, 0.1) is 0 Å². The van der Waals surface area contributed by atoms with Crippen LogP contribution in [0.2, 0.25) is 0 Å². The average Bonchev–Trinajstić information content (AvgIpc) is 2.27. The monoisotopic (exact) mass is 254 g/mol. The number of amides is 1. The molecule has 0 aromatic heterocycles. The lowest BCUT2D eigenvalue weighted by molar-refractivity contribution is 0.1000. The zero-order chi connectivity index (χ0) is 13.8. The molecular formula is C13H19FN2O2. The first-order chi connectivity index (χ1) is 8.35. The van der Waals surface area contributed by atoms with Crippen LogP contribution in [0.25, 0.3) is 0 Å². The molecule has 0 radical (unpaired) electrons. The molecule has 18 heavy (non-hydrogen) atoms. The van der Waals surface area contributed by atoms with E-state index in [0.29, 0.717) is 12.0 Å².